The van der Waals surface area contributed by atoms with Gasteiger partial charge in [-0.25, -0.2) is 0 Å². The van der Waals surface area contributed by atoms with Crippen molar-refractivity contribution >= 4 is 0 Å². The first-order valence-electron chi connectivity index (χ1n) is 7.27. The first-order chi connectivity index (χ1) is 9.12. The van der Waals surface area contributed by atoms with Gasteiger partial charge in [0.25, 0.3) is 0 Å². The lowest BCUT2D eigenvalue weighted by Crippen LogP contribution is -2.24. The summed E-state index contributed by atoms with van der Waals surface area (Å²) in [6.45, 7) is 9.58. The molecule has 0 spiro atoms. The number of rotatable bonds is 8. The molecule has 19 heavy (non-hydrogen) atoms. The van der Waals surface area contributed by atoms with Crippen molar-refractivity contribution < 1.29 is 4.74 Å². The normalized spacial score (nSPS) is 12.7. The van der Waals surface area contributed by atoms with Crippen molar-refractivity contribution in [2.75, 3.05) is 20.2 Å². The molecule has 0 aliphatic carbocycles. The van der Waals surface area contributed by atoms with Crippen LogP contribution in [0, 0.1) is 0 Å². The largest absolute Gasteiger partial charge is 0.496 e. The van der Waals surface area contributed by atoms with E-state index in [2.05, 4.69) is 30.9 Å². The summed E-state index contributed by atoms with van der Waals surface area (Å²) in [5.41, 5.74) is 8.36. The SMILES string of the molecule is CCCCN(CC)Cc1cc(C(C)N)ccc1OC. The number of nitrogens with zero attached hydrogens (tertiary/aromatic N) is 1. The number of unbranched alkanes of at least 4 members (excludes halogenated alkanes) is 1. The van der Waals surface area contributed by atoms with Crippen molar-refractivity contribution in [2.24, 2.45) is 5.73 Å². The van der Waals surface area contributed by atoms with E-state index in [1.54, 1.807) is 7.11 Å². The van der Waals surface area contributed by atoms with Gasteiger partial charge in [-0.3, -0.25) is 4.90 Å². The summed E-state index contributed by atoms with van der Waals surface area (Å²) in [6, 6.07) is 6.32. The Hall–Kier alpha value is -1.06. The van der Waals surface area contributed by atoms with Gasteiger partial charge < -0.3 is 10.5 Å². The Kier molecular flexibility index (Phi) is 6.89. The minimum Gasteiger partial charge on any atom is -0.496 e. The highest BCUT2D eigenvalue weighted by Gasteiger charge is 2.10. The molecule has 0 saturated heterocycles. The van der Waals surface area contributed by atoms with Crippen molar-refractivity contribution in [1.82, 2.24) is 4.90 Å². The highest BCUT2D eigenvalue weighted by atomic mass is 16.5. The fraction of sp³-hybridized carbons (Fsp3) is 0.625. The lowest BCUT2D eigenvalue weighted by atomic mass is 10.0. The molecule has 0 aromatic heterocycles. The highest BCUT2D eigenvalue weighted by Crippen LogP contribution is 2.24. The second-order valence-corrected chi connectivity index (χ2v) is 5.08. The second-order valence-electron chi connectivity index (χ2n) is 5.08. The van der Waals surface area contributed by atoms with Crippen LogP contribution in [0.15, 0.2) is 18.2 Å². The smallest absolute Gasteiger partial charge is 0.123 e. The molecule has 1 unspecified atom stereocenters. The Labute approximate surface area is 117 Å². The number of methoxy groups -OCH3 is 1. The lowest BCUT2D eigenvalue weighted by molar-refractivity contribution is 0.270. The van der Waals surface area contributed by atoms with E-state index < -0.39 is 0 Å². The molecule has 0 aliphatic rings. The number of hydrogen-bond donors (Lipinski definition) is 1. The molecule has 0 bridgehead atoms. The third-order valence-electron chi connectivity index (χ3n) is 3.50. The zero-order chi connectivity index (χ0) is 14.3. The van der Waals surface area contributed by atoms with Crippen LogP contribution >= 0.6 is 0 Å². The third-order valence-corrected chi connectivity index (χ3v) is 3.50. The molecule has 0 amide bonds. The molecule has 1 aromatic rings. The summed E-state index contributed by atoms with van der Waals surface area (Å²) in [5, 5.41) is 0. The van der Waals surface area contributed by atoms with Crippen molar-refractivity contribution in [1.29, 1.82) is 0 Å². The standard InChI is InChI=1S/C16H28N2O/c1-5-7-10-18(6-2)12-15-11-14(13(3)17)8-9-16(15)19-4/h8-9,11,13H,5-7,10,12,17H2,1-4H3. The van der Waals surface area contributed by atoms with Crippen LogP contribution in [0.25, 0.3) is 0 Å². The molecule has 108 valence electrons. The van der Waals surface area contributed by atoms with E-state index in [9.17, 15) is 0 Å². The highest BCUT2D eigenvalue weighted by molar-refractivity contribution is 5.38. The maximum atomic E-state index is 5.96. The Bertz CT molecular complexity index is 377. The quantitative estimate of drug-likeness (QED) is 0.782. The fourth-order valence-corrected chi connectivity index (χ4v) is 2.18. The van der Waals surface area contributed by atoms with Gasteiger partial charge in [0.05, 0.1) is 7.11 Å². The van der Waals surface area contributed by atoms with Crippen LogP contribution in [0.4, 0.5) is 0 Å². The van der Waals surface area contributed by atoms with E-state index in [4.69, 9.17) is 10.5 Å². The summed E-state index contributed by atoms with van der Waals surface area (Å²) in [5.74, 6) is 0.958. The van der Waals surface area contributed by atoms with Gasteiger partial charge in [0.1, 0.15) is 5.75 Å². The molecule has 3 heteroatoms. The number of nitrogens with two attached hydrogens (primary N) is 1. The average Bonchev–Trinajstić information content (AvgIpc) is 2.43. The summed E-state index contributed by atoms with van der Waals surface area (Å²) < 4.78 is 5.46. The summed E-state index contributed by atoms with van der Waals surface area (Å²) in [6.07, 6.45) is 2.47. The molecular formula is C16H28N2O. The van der Waals surface area contributed by atoms with Crippen LogP contribution in [0.3, 0.4) is 0 Å². The van der Waals surface area contributed by atoms with Crippen LogP contribution in [0.5, 0.6) is 5.75 Å². The van der Waals surface area contributed by atoms with E-state index in [1.807, 2.05) is 13.0 Å². The minimum absolute atomic E-state index is 0.0652. The van der Waals surface area contributed by atoms with Gasteiger partial charge in [-0.2, -0.15) is 0 Å². The van der Waals surface area contributed by atoms with Gasteiger partial charge in [-0.05, 0) is 44.1 Å². The first kappa shape index (κ1) is 16.0. The second kappa shape index (κ2) is 8.18. The molecule has 1 rings (SSSR count). The molecule has 1 aromatic carbocycles. The predicted octanol–water partition coefficient (Wildman–Crippen LogP) is 3.34. The topological polar surface area (TPSA) is 38.5 Å². The molecule has 0 heterocycles. The molecule has 2 N–H and O–H groups in total. The van der Waals surface area contributed by atoms with E-state index in [0.29, 0.717) is 0 Å². The van der Waals surface area contributed by atoms with Crippen LogP contribution in [-0.2, 0) is 6.54 Å². The third kappa shape index (κ3) is 4.84. The van der Waals surface area contributed by atoms with Crippen LogP contribution in [0.1, 0.15) is 50.8 Å². The van der Waals surface area contributed by atoms with Gasteiger partial charge in [-0.1, -0.05) is 26.3 Å². The Morgan fingerprint density at radius 3 is 2.58 bits per heavy atom. The number of ether oxygens (including phenoxy) is 1. The Morgan fingerprint density at radius 1 is 1.32 bits per heavy atom. The van der Waals surface area contributed by atoms with E-state index in [1.165, 1.54) is 24.0 Å². The molecule has 0 aliphatic heterocycles. The number of hydrogen-bond acceptors (Lipinski definition) is 3. The molecule has 0 radical (unpaired) electrons. The fourth-order valence-electron chi connectivity index (χ4n) is 2.18. The summed E-state index contributed by atoms with van der Waals surface area (Å²) in [4.78, 5) is 2.45. The van der Waals surface area contributed by atoms with E-state index >= 15 is 0 Å². The van der Waals surface area contributed by atoms with Crippen molar-refractivity contribution in [3.63, 3.8) is 0 Å². The summed E-state index contributed by atoms with van der Waals surface area (Å²) >= 11 is 0. The molecule has 1 atom stereocenters. The lowest BCUT2D eigenvalue weighted by Gasteiger charge is -2.22. The summed E-state index contributed by atoms with van der Waals surface area (Å²) in [7, 11) is 1.73. The maximum absolute atomic E-state index is 5.96. The Morgan fingerprint density at radius 2 is 2.05 bits per heavy atom. The predicted molar refractivity (Wildman–Crippen MR) is 81.5 cm³/mol. The van der Waals surface area contributed by atoms with Crippen LogP contribution in [0.2, 0.25) is 0 Å². The average molecular weight is 264 g/mol. The van der Waals surface area contributed by atoms with E-state index in [-0.39, 0.29) is 6.04 Å². The van der Waals surface area contributed by atoms with Gasteiger partial charge in [-0.15, -0.1) is 0 Å². The molecule has 3 nitrogen and oxygen atoms in total. The van der Waals surface area contributed by atoms with Crippen molar-refractivity contribution in [2.45, 2.75) is 46.2 Å². The maximum Gasteiger partial charge on any atom is 0.123 e. The van der Waals surface area contributed by atoms with Gasteiger partial charge in [0.15, 0.2) is 0 Å². The van der Waals surface area contributed by atoms with E-state index in [0.717, 1.165) is 25.4 Å². The first-order valence-corrected chi connectivity index (χ1v) is 7.27. The molecule has 0 fully saturated rings. The number of benzene rings is 1. The minimum atomic E-state index is 0.0652. The van der Waals surface area contributed by atoms with Crippen LogP contribution in [-0.4, -0.2) is 25.1 Å². The van der Waals surface area contributed by atoms with Gasteiger partial charge in [0, 0.05) is 18.2 Å². The zero-order valence-corrected chi connectivity index (χ0v) is 12.8. The van der Waals surface area contributed by atoms with Crippen LogP contribution < -0.4 is 10.5 Å². The molecular weight excluding hydrogens is 236 g/mol. The zero-order valence-electron chi connectivity index (χ0n) is 12.8. The molecule has 0 saturated carbocycles. The monoisotopic (exact) mass is 264 g/mol. The van der Waals surface area contributed by atoms with Gasteiger partial charge in [0.2, 0.25) is 0 Å². The van der Waals surface area contributed by atoms with Gasteiger partial charge >= 0.3 is 0 Å². The van der Waals surface area contributed by atoms with Crippen molar-refractivity contribution in [3.8, 4) is 5.75 Å². The van der Waals surface area contributed by atoms with Crippen molar-refractivity contribution in [3.05, 3.63) is 29.3 Å². The Balaban J connectivity index is 2.86.